The third-order valence-electron chi connectivity index (χ3n) is 13.4. The van der Waals surface area contributed by atoms with Gasteiger partial charge in [0.1, 0.15) is 12.4 Å². The summed E-state index contributed by atoms with van der Waals surface area (Å²) < 4.78 is 2.67. The summed E-state index contributed by atoms with van der Waals surface area (Å²) in [6, 6.07) is 0.615. The molecule has 56 heavy (non-hydrogen) atoms. The lowest BCUT2D eigenvalue weighted by molar-refractivity contribution is -0.727. The van der Waals surface area contributed by atoms with Crippen molar-refractivity contribution in [3.63, 3.8) is 0 Å². The van der Waals surface area contributed by atoms with E-state index >= 15 is 0 Å². The van der Waals surface area contributed by atoms with Crippen LogP contribution < -0.4 is 4.57 Å². The number of H-pyrrole nitrogens is 1. The Morgan fingerprint density at radius 3 is 0.839 bits per heavy atom. The summed E-state index contributed by atoms with van der Waals surface area (Å²) in [5.74, 6) is 2.25. The summed E-state index contributed by atoms with van der Waals surface area (Å²) >= 11 is 0. The predicted molar refractivity (Wildman–Crippen MR) is 253 cm³/mol. The Kier molecular flexibility index (Phi) is 41.6. The molecule has 1 aromatic heterocycles. The van der Waals surface area contributed by atoms with E-state index in [1.807, 2.05) is 0 Å². The molecule has 2 unspecified atom stereocenters. The van der Waals surface area contributed by atoms with Crippen LogP contribution in [0.25, 0.3) is 0 Å². The summed E-state index contributed by atoms with van der Waals surface area (Å²) in [5.41, 5.74) is 0. The van der Waals surface area contributed by atoms with Gasteiger partial charge in [0.05, 0.1) is 12.0 Å². The summed E-state index contributed by atoms with van der Waals surface area (Å²) in [6.45, 7) is 9.45. The molecule has 0 bridgehead atoms. The van der Waals surface area contributed by atoms with Crippen LogP contribution in [-0.4, -0.2) is 4.98 Å². The fraction of sp³-hybridized carbons (Fsp3) is 0.944. The van der Waals surface area contributed by atoms with E-state index < -0.39 is 0 Å². The molecule has 1 N–H and O–H groups in total. The molecule has 0 aliphatic rings. The highest BCUT2D eigenvalue weighted by Crippen LogP contribution is 2.28. The highest BCUT2D eigenvalue weighted by molar-refractivity contribution is 4.90. The monoisotopic (exact) mass is 784 g/mol. The van der Waals surface area contributed by atoms with Crippen LogP contribution in [0.5, 0.6) is 0 Å². The quantitative estimate of drug-likeness (QED) is 0.0502. The minimum atomic E-state index is 0.615. The molecule has 0 aromatic carbocycles. The lowest BCUT2D eigenvalue weighted by Crippen LogP contribution is -2.41. The molecular formula is C54H107N2+. The molecule has 0 amide bonds. The van der Waals surface area contributed by atoms with Gasteiger partial charge in [-0.3, -0.25) is 0 Å². The van der Waals surface area contributed by atoms with Gasteiger partial charge in [-0.25, -0.2) is 9.55 Å². The van der Waals surface area contributed by atoms with Crippen molar-refractivity contribution in [3.8, 4) is 0 Å². The Bertz CT molecular complexity index is 858. The molecule has 0 radical (unpaired) electrons. The van der Waals surface area contributed by atoms with Gasteiger partial charge < -0.3 is 0 Å². The van der Waals surface area contributed by atoms with Crippen molar-refractivity contribution in [1.29, 1.82) is 0 Å². The molecule has 0 aliphatic heterocycles. The molecule has 0 aliphatic carbocycles. The van der Waals surface area contributed by atoms with Gasteiger partial charge >= 0.3 is 0 Å². The first kappa shape index (κ1) is 53.2. The van der Waals surface area contributed by atoms with Crippen molar-refractivity contribution in [1.82, 2.24) is 4.98 Å². The van der Waals surface area contributed by atoms with Crippen molar-refractivity contribution in [2.75, 3.05) is 0 Å². The van der Waals surface area contributed by atoms with E-state index in [9.17, 15) is 0 Å². The maximum Gasteiger partial charge on any atom is 0.257 e. The van der Waals surface area contributed by atoms with Gasteiger partial charge in [0, 0.05) is 0 Å². The van der Waals surface area contributed by atoms with Gasteiger partial charge in [-0.15, -0.1) is 0 Å². The molecule has 2 atom stereocenters. The number of hydrogen-bond acceptors (Lipinski definition) is 0. The van der Waals surface area contributed by atoms with Crippen LogP contribution >= 0.6 is 0 Å². The number of nitrogens with one attached hydrogen (secondary N) is 1. The number of hydrogen-bond donors (Lipinski definition) is 1. The number of aromatic nitrogens is 2. The Hall–Kier alpha value is -0.790. The van der Waals surface area contributed by atoms with Crippen LogP contribution in [0, 0.1) is 0 Å². The summed E-state index contributed by atoms with van der Waals surface area (Å²) in [7, 11) is 0. The highest BCUT2D eigenvalue weighted by atomic mass is 15.1. The van der Waals surface area contributed by atoms with E-state index in [0.717, 1.165) is 0 Å². The topological polar surface area (TPSA) is 19.7 Å². The molecule has 2 heteroatoms. The molecule has 0 fully saturated rings. The average Bonchev–Trinajstić information content (AvgIpc) is 3.70. The third kappa shape index (κ3) is 34.1. The van der Waals surface area contributed by atoms with Crippen molar-refractivity contribution < 1.29 is 4.57 Å². The highest BCUT2D eigenvalue weighted by Gasteiger charge is 2.25. The molecule has 2 nitrogen and oxygen atoms in total. The van der Waals surface area contributed by atoms with Gasteiger partial charge in [0.25, 0.3) is 5.82 Å². The lowest BCUT2D eigenvalue weighted by atomic mass is 9.92. The van der Waals surface area contributed by atoms with Crippen LogP contribution in [0.4, 0.5) is 0 Å². The molecule has 0 saturated carbocycles. The molecule has 0 saturated heterocycles. The fourth-order valence-electron chi connectivity index (χ4n) is 9.43. The molecule has 332 valence electrons. The van der Waals surface area contributed by atoms with E-state index in [-0.39, 0.29) is 0 Å². The first-order chi connectivity index (χ1) is 27.7. The second-order valence-corrected chi connectivity index (χ2v) is 19.0. The van der Waals surface area contributed by atoms with Crippen LogP contribution in [0.15, 0.2) is 12.4 Å². The van der Waals surface area contributed by atoms with Gasteiger partial charge in [-0.2, -0.15) is 0 Å². The fourth-order valence-corrected chi connectivity index (χ4v) is 9.43. The third-order valence-corrected chi connectivity index (χ3v) is 13.4. The van der Waals surface area contributed by atoms with Crippen LogP contribution in [0.1, 0.15) is 334 Å². The predicted octanol–water partition coefficient (Wildman–Crippen LogP) is 19.6. The Labute approximate surface area is 355 Å². The average molecular weight is 784 g/mol. The number of aromatic amines is 1. The van der Waals surface area contributed by atoms with Crippen molar-refractivity contribution in [3.05, 3.63) is 18.2 Å². The van der Waals surface area contributed by atoms with Crippen LogP contribution in [0.2, 0.25) is 0 Å². The maximum absolute atomic E-state index is 3.80. The molecule has 1 heterocycles. The second-order valence-electron chi connectivity index (χ2n) is 19.0. The van der Waals surface area contributed by atoms with E-state index in [1.54, 1.807) is 5.82 Å². The van der Waals surface area contributed by atoms with Crippen molar-refractivity contribution >= 4 is 0 Å². The number of rotatable bonds is 47. The van der Waals surface area contributed by atoms with E-state index in [0.29, 0.717) is 12.0 Å². The normalized spacial score (nSPS) is 12.9. The van der Waals surface area contributed by atoms with Gasteiger partial charge in [-0.05, 0) is 32.6 Å². The molecular weight excluding hydrogens is 677 g/mol. The zero-order chi connectivity index (χ0) is 40.3. The molecule has 0 spiro atoms. The van der Waals surface area contributed by atoms with Crippen LogP contribution in [0.3, 0.4) is 0 Å². The smallest absolute Gasteiger partial charge is 0.247 e. The second kappa shape index (κ2) is 43.8. The van der Waals surface area contributed by atoms with E-state index in [1.165, 1.54) is 289 Å². The Morgan fingerprint density at radius 2 is 0.571 bits per heavy atom. The minimum Gasteiger partial charge on any atom is -0.247 e. The van der Waals surface area contributed by atoms with Crippen molar-refractivity contribution in [2.24, 2.45) is 0 Å². The number of imidazole rings is 1. The zero-order valence-electron chi connectivity index (χ0n) is 39.6. The van der Waals surface area contributed by atoms with Crippen molar-refractivity contribution in [2.45, 2.75) is 329 Å². The number of nitrogens with zero attached hydrogens (tertiary/aromatic N) is 1. The van der Waals surface area contributed by atoms with E-state index in [4.69, 9.17) is 0 Å². The van der Waals surface area contributed by atoms with Gasteiger partial charge in [-0.1, -0.05) is 284 Å². The first-order valence-electron chi connectivity index (χ1n) is 26.8. The van der Waals surface area contributed by atoms with Gasteiger partial charge in [0.15, 0.2) is 0 Å². The van der Waals surface area contributed by atoms with E-state index in [2.05, 4.69) is 49.6 Å². The summed E-state index contributed by atoms with van der Waals surface area (Å²) in [6.07, 6.45) is 69.6. The Balaban J connectivity index is 2.31. The molecule has 1 aromatic rings. The first-order valence-corrected chi connectivity index (χ1v) is 26.8. The number of unbranched alkanes of at least 4 members (excludes halogenated alkanes) is 39. The maximum atomic E-state index is 3.80. The van der Waals surface area contributed by atoms with Gasteiger partial charge in [0.2, 0.25) is 0 Å². The SMILES string of the molecule is CCCCCCCCCCCCCCCCCCCC(CCCCCCCCCCCC)c1[nH]cc[n+]1C(C)CCCCCCCCCCCCCCCCC. The summed E-state index contributed by atoms with van der Waals surface area (Å²) in [5, 5.41) is 0. The molecule has 1 rings (SSSR count). The largest absolute Gasteiger partial charge is 0.257 e. The minimum absolute atomic E-state index is 0.615. The standard InChI is InChI=1S/C54H106N2/c1-5-8-11-14-17-20-23-25-27-28-30-32-34-37-40-43-46-49-53(48-45-42-39-36-22-19-16-13-10-7-3)54-55-50-51-56(54)52(4)47-44-41-38-35-33-31-29-26-24-21-18-15-12-9-6-2/h50-53H,5-49H2,1-4H3/p+1. The van der Waals surface area contributed by atoms with Crippen LogP contribution in [-0.2, 0) is 0 Å². The zero-order valence-corrected chi connectivity index (χ0v) is 39.6. The Morgan fingerprint density at radius 1 is 0.339 bits per heavy atom. The summed E-state index contributed by atoms with van der Waals surface area (Å²) in [4.78, 5) is 3.80. The lowest BCUT2D eigenvalue weighted by Gasteiger charge is -2.17.